The van der Waals surface area contributed by atoms with Gasteiger partial charge in [-0.2, -0.15) is 0 Å². The summed E-state index contributed by atoms with van der Waals surface area (Å²) in [6.07, 6.45) is 1.41. The first-order valence-corrected chi connectivity index (χ1v) is 18.1. The molecule has 44 heavy (non-hydrogen) atoms. The number of amides is 2. The van der Waals surface area contributed by atoms with E-state index >= 15 is 0 Å². The van der Waals surface area contributed by atoms with Gasteiger partial charge in [-0.1, -0.05) is 63.2 Å². The summed E-state index contributed by atoms with van der Waals surface area (Å²) < 4.78 is 6.83. The number of hydrogen-bond donors (Lipinski definition) is 4. The van der Waals surface area contributed by atoms with Crippen molar-refractivity contribution in [2.24, 2.45) is 0 Å². The smallest absolute Gasteiger partial charge is 0.224 e. The second-order valence-electron chi connectivity index (χ2n) is 13.3. The average Bonchev–Trinajstić information content (AvgIpc) is 2.95. The van der Waals surface area contributed by atoms with Crippen LogP contribution in [0.4, 0.5) is 11.4 Å². The number of phenols is 1. The van der Waals surface area contributed by atoms with Crippen molar-refractivity contribution in [1.82, 2.24) is 10.6 Å². The van der Waals surface area contributed by atoms with E-state index in [0.717, 1.165) is 34.4 Å². The van der Waals surface area contributed by atoms with Crippen LogP contribution in [0.1, 0.15) is 56.1 Å². The van der Waals surface area contributed by atoms with Crippen LogP contribution < -0.4 is 20.9 Å². The third-order valence-corrected chi connectivity index (χ3v) is 12.8. The van der Waals surface area contributed by atoms with Gasteiger partial charge in [0.05, 0.1) is 18.2 Å². The van der Waals surface area contributed by atoms with Crippen LogP contribution in [-0.2, 0) is 33.4 Å². The summed E-state index contributed by atoms with van der Waals surface area (Å²) in [6.45, 7) is 14.3. The maximum absolute atomic E-state index is 12.7. The molecule has 0 radical (unpaired) electrons. The second-order valence-corrected chi connectivity index (χ2v) is 18.0. The molecule has 3 aromatic carbocycles. The van der Waals surface area contributed by atoms with Crippen molar-refractivity contribution in [3.8, 4) is 5.75 Å². The van der Waals surface area contributed by atoms with Gasteiger partial charge in [-0.3, -0.25) is 9.59 Å². The molecule has 0 unspecified atom stereocenters. The molecule has 3 aromatic rings. The molecule has 238 valence electrons. The minimum absolute atomic E-state index is 0.00651. The Bertz CT molecular complexity index is 1390. The molecule has 0 saturated heterocycles. The van der Waals surface area contributed by atoms with Gasteiger partial charge in [0, 0.05) is 38.9 Å². The minimum atomic E-state index is -2.14. The van der Waals surface area contributed by atoms with Crippen molar-refractivity contribution >= 4 is 32.0 Å². The minimum Gasteiger partial charge on any atom is -0.506 e. The fraction of sp³-hybridized carbons (Fsp3) is 0.429. The van der Waals surface area contributed by atoms with Gasteiger partial charge in [0.15, 0.2) is 8.32 Å². The lowest BCUT2D eigenvalue weighted by molar-refractivity contribution is -0.120. The number of carbonyl (C=O) groups excluding carboxylic acids is 2. The zero-order valence-electron chi connectivity index (χ0n) is 27.5. The lowest BCUT2D eigenvalue weighted by Crippen LogP contribution is -2.44. The van der Waals surface area contributed by atoms with Crippen LogP contribution in [0.5, 0.6) is 5.75 Å². The lowest BCUT2D eigenvalue weighted by atomic mass is 10.0. The third-order valence-electron chi connectivity index (χ3n) is 8.34. The summed E-state index contributed by atoms with van der Waals surface area (Å²) in [6, 6.07) is 21.7. The van der Waals surface area contributed by atoms with Crippen LogP contribution in [-0.4, -0.2) is 52.4 Å². The van der Waals surface area contributed by atoms with E-state index in [1.54, 1.807) is 12.1 Å². The van der Waals surface area contributed by atoms with Gasteiger partial charge in [0.25, 0.3) is 0 Å². The maximum Gasteiger partial charge on any atom is 0.224 e. The molecule has 0 spiro atoms. The Morgan fingerprint density at radius 3 is 2.32 bits per heavy atom. The molecule has 2 amide bonds. The zero-order chi connectivity index (χ0) is 32.5. The average molecular weight is 619 g/mol. The van der Waals surface area contributed by atoms with Gasteiger partial charge in [0.2, 0.25) is 12.3 Å². The largest absolute Gasteiger partial charge is 0.506 e. The molecule has 0 aliphatic carbocycles. The van der Waals surface area contributed by atoms with Gasteiger partial charge in [-0.05, 0) is 78.0 Å². The predicted molar refractivity (Wildman–Crippen MR) is 183 cm³/mol. The van der Waals surface area contributed by atoms with Crippen LogP contribution in [0.25, 0.3) is 0 Å². The number of aromatic hydroxyl groups is 1. The summed E-state index contributed by atoms with van der Waals surface area (Å²) >= 11 is 0. The Kier molecular flexibility index (Phi) is 12.2. The van der Waals surface area contributed by atoms with Gasteiger partial charge >= 0.3 is 0 Å². The van der Waals surface area contributed by atoms with Crippen LogP contribution in [0.15, 0.2) is 66.7 Å². The lowest BCUT2D eigenvalue weighted by Gasteiger charge is -2.40. The van der Waals surface area contributed by atoms with Gasteiger partial charge in [0.1, 0.15) is 5.75 Å². The van der Waals surface area contributed by atoms with Gasteiger partial charge < -0.3 is 30.4 Å². The summed E-state index contributed by atoms with van der Waals surface area (Å²) in [5.41, 5.74) is 5.57. The second kappa shape index (κ2) is 15.4. The summed E-state index contributed by atoms with van der Waals surface area (Å²) in [4.78, 5) is 25.8. The van der Waals surface area contributed by atoms with E-state index in [0.29, 0.717) is 31.6 Å². The fourth-order valence-electron chi connectivity index (χ4n) is 4.65. The highest BCUT2D eigenvalue weighted by atomic mass is 28.4. The molecule has 0 saturated carbocycles. The zero-order valence-corrected chi connectivity index (χ0v) is 28.5. The SMILES string of the molecule is C[C@H](Cc1cccc(CC(=O)NCc2ccc(N(C)C)cc2)c1)NC[C@@H](O[Si](C)(C)C(C)(C)C)c1ccc(O)c(NC=O)c1. The molecule has 0 heterocycles. The summed E-state index contributed by atoms with van der Waals surface area (Å²) in [5.74, 6) is 0.00782. The van der Waals surface area contributed by atoms with Crippen molar-refractivity contribution in [1.29, 1.82) is 0 Å². The number of nitrogens with zero attached hydrogens (tertiary/aromatic N) is 1. The molecule has 3 rings (SSSR count). The Morgan fingerprint density at radius 1 is 1.00 bits per heavy atom. The number of carbonyl (C=O) groups is 2. The predicted octanol–water partition coefficient (Wildman–Crippen LogP) is 6.17. The van der Waals surface area contributed by atoms with Crippen LogP contribution in [0.3, 0.4) is 0 Å². The number of hydrogen-bond acceptors (Lipinski definition) is 6. The molecular weight excluding hydrogens is 568 g/mol. The van der Waals surface area contributed by atoms with Crippen LogP contribution >= 0.6 is 0 Å². The molecule has 0 aromatic heterocycles. The standard InChI is InChI=1S/C35H50N4O4Si/c1-25(36-23-33(43-44(7,8)35(2,3)4)29-14-17-32(41)31(21-29)38-24-40)18-27-10-9-11-28(19-27)20-34(42)37-22-26-12-15-30(16-13-26)39(5)6/h9-17,19,21,24-25,33,36,41H,18,20,22-23H2,1-8H3,(H,37,42)(H,38,40)/t25-,33-/m1/s1. The molecule has 0 fully saturated rings. The highest BCUT2D eigenvalue weighted by Crippen LogP contribution is 2.40. The van der Waals surface area contributed by atoms with E-state index in [-0.39, 0.29) is 28.8 Å². The summed E-state index contributed by atoms with van der Waals surface area (Å²) in [7, 11) is 1.87. The number of phenolic OH excluding ortho intramolecular Hbond substituents is 1. The van der Waals surface area contributed by atoms with Crippen LogP contribution in [0, 0.1) is 0 Å². The molecule has 9 heteroatoms. The first-order chi connectivity index (χ1) is 20.7. The third kappa shape index (κ3) is 10.2. The molecule has 0 aliphatic heterocycles. The highest BCUT2D eigenvalue weighted by molar-refractivity contribution is 6.74. The first-order valence-electron chi connectivity index (χ1n) is 15.2. The van der Waals surface area contributed by atoms with Crippen molar-refractivity contribution in [3.63, 3.8) is 0 Å². The molecule has 0 bridgehead atoms. The number of rotatable bonds is 15. The molecule has 0 aliphatic rings. The number of anilines is 2. The normalized spacial score (nSPS) is 13.2. The quantitative estimate of drug-likeness (QED) is 0.0923. The topological polar surface area (TPSA) is 103 Å². The van der Waals surface area contributed by atoms with E-state index < -0.39 is 8.32 Å². The molecular formula is C35H50N4O4Si. The van der Waals surface area contributed by atoms with E-state index in [2.05, 4.69) is 81.0 Å². The molecule has 2 atom stereocenters. The maximum atomic E-state index is 12.7. The fourth-order valence-corrected chi connectivity index (χ4v) is 5.94. The van der Waals surface area contributed by atoms with Gasteiger partial charge in [-0.15, -0.1) is 0 Å². The van der Waals surface area contributed by atoms with E-state index in [1.165, 1.54) is 0 Å². The van der Waals surface area contributed by atoms with Crippen molar-refractivity contribution in [2.45, 2.75) is 77.4 Å². The van der Waals surface area contributed by atoms with E-state index in [1.807, 2.05) is 49.3 Å². The monoisotopic (exact) mass is 618 g/mol. The molecule has 4 N–H and O–H groups in total. The van der Waals surface area contributed by atoms with E-state index in [9.17, 15) is 14.7 Å². The molecule has 8 nitrogen and oxygen atoms in total. The Labute approximate surface area is 264 Å². The van der Waals surface area contributed by atoms with E-state index in [4.69, 9.17) is 4.43 Å². The Balaban J connectivity index is 1.62. The van der Waals surface area contributed by atoms with Crippen molar-refractivity contribution in [3.05, 3.63) is 89.0 Å². The highest BCUT2D eigenvalue weighted by Gasteiger charge is 2.39. The number of nitrogens with one attached hydrogen (secondary N) is 3. The van der Waals surface area contributed by atoms with Crippen LogP contribution in [0.2, 0.25) is 18.1 Å². The number of benzene rings is 3. The first kappa shape index (κ1) is 34.8. The van der Waals surface area contributed by atoms with Crippen molar-refractivity contribution in [2.75, 3.05) is 30.9 Å². The Hall–Kier alpha value is -3.66. The van der Waals surface area contributed by atoms with Gasteiger partial charge in [-0.25, -0.2) is 0 Å². The van der Waals surface area contributed by atoms with Crippen molar-refractivity contribution < 1.29 is 19.1 Å². The Morgan fingerprint density at radius 2 is 1.68 bits per heavy atom. The summed E-state index contributed by atoms with van der Waals surface area (Å²) in [5, 5.41) is 19.4.